The number of hydrogen-bond donors (Lipinski definition) is 1. The van der Waals surface area contributed by atoms with Crippen molar-refractivity contribution in [3.05, 3.63) is 44.1 Å². The topological polar surface area (TPSA) is 24.9 Å². The van der Waals surface area contributed by atoms with E-state index in [0.29, 0.717) is 18.2 Å². The van der Waals surface area contributed by atoms with E-state index >= 15 is 0 Å². The zero-order chi connectivity index (χ0) is 13.4. The van der Waals surface area contributed by atoms with Crippen LogP contribution in [-0.4, -0.2) is 4.98 Å². The maximum absolute atomic E-state index is 13.3. The number of benzene rings is 1. The van der Waals surface area contributed by atoms with Gasteiger partial charge in [0, 0.05) is 17.0 Å². The molecule has 6 heteroatoms. The number of aromatic nitrogens is 1. The number of nitrogens with one attached hydrogen (secondary N) is 1. The molecule has 0 bridgehead atoms. The molecule has 0 amide bonds. The highest BCUT2D eigenvalue weighted by Crippen LogP contribution is 2.41. The molecule has 1 N–H and O–H groups in total. The number of anilines is 1. The average molecular weight is 317 g/mol. The van der Waals surface area contributed by atoms with Gasteiger partial charge in [0.05, 0.1) is 27.3 Å². The molecule has 19 heavy (non-hydrogen) atoms. The molecule has 0 aliphatic heterocycles. The summed E-state index contributed by atoms with van der Waals surface area (Å²) in [6, 6.07) is 3.05. The summed E-state index contributed by atoms with van der Waals surface area (Å²) in [5, 5.41) is 6.46. The largest absolute Gasteiger partial charge is 0.379 e. The zero-order valence-corrected chi connectivity index (χ0v) is 12.2. The van der Waals surface area contributed by atoms with Crippen molar-refractivity contribution in [3.8, 4) is 0 Å². The minimum absolute atomic E-state index is 0.0203. The van der Waals surface area contributed by atoms with Crippen LogP contribution in [0, 0.1) is 5.82 Å². The monoisotopic (exact) mass is 316 g/mol. The van der Waals surface area contributed by atoms with E-state index in [1.165, 1.54) is 30.0 Å². The van der Waals surface area contributed by atoms with Crippen molar-refractivity contribution in [2.75, 3.05) is 5.32 Å². The van der Waals surface area contributed by atoms with E-state index in [9.17, 15) is 4.39 Å². The summed E-state index contributed by atoms with van der Waals surface area (Å²) in [6.07, 6.45) is 2.51. The van der Waals surface area contributed by atoms with E-state index in [1.54, 1.807) is 11.3 Å². The second kappa shape index (κ2) is 5.27. The second-order valence-corrected chi connectivity index (χ2v) is 6.26. The molecule has 0 saturated heterocycles. The number of rotatable bonds is 4. The summed E-state index contributed by atoms with van der Waals surface area (Å²) in [5.74, 6) is 0.0898. The van der Waals surface area contributed by atoms with Gasteiger partial charge in [-0.2, -0.15) is 0 Å². The van der Waals surface area contributed by atoms with Crippen LogP contribution in [0.15, 0.2) is 17.5 Å². The van der Waals surface area contributed by atoms with Crippen molar-refractivity contribution in [2.24, 2.45) is 0 Å². The molecular weight excluding hydrogens is 306 g/mol. The fourth-order valence-corrected chi connectivity index (χ4v) is 3.25. The van der Waals surface area contributed by atoms with Crippen molar-refractivity contribution >= 4 is 40.2 Å². The van der Waals surface area contributed by atoms with Gasteiger partial charge in [-0.3, -0.25) is 0 Å². The van der Waals surface area contributed by atoms with Crippen LogP contribution in [0.1, 0.15) is 29.5 Å². The van der Waals surface area contributed by atoms with Crippen LogP contribution in [0.2, 0.25) is 10.0 Å². The molecule has 1 aromatic heterocycles. The third-order valence-electron chi connectivity index (χ3n) is 2.95. The Morgan fingerprint density at radius 2 is 2.00 bits per heavy atom. The summed E-state index contributed by atoms with van der Waals surface area (Å²) < 4.78 is 13.3. The molecular formula is C13H11Cl2FN2S. The molecule has 0 atom stereocenters. The van der Waals surface area contributed by atoms with Crippen LogP contribution in [0.25, 0.3) is 0 Å². The van der Waals surface area contributed by atoms with E-state index in [1.807, 2.05) is 5.38 Å². The predicted molar refractivity (Wildman–Crippen MR) is 77.8 cm³/mol. The second-order valence-electron chi connectivity index (χ2n) is 4.56. The lowest BCUT2D eigenvalue weighted by Crippen LogP contribution is -2.00. The van der Waals surface area contributed by atoms with Crippen LogP contribution >= 0.6 is 34.5 Å². The van der Waals surface area contributed by atoms with Gasteiger partial charge in [0.25, 0.3) is 0 Å². The van der Waals surface area contributed by atoms with Gasteiger partial charge in [0.1, 0.15) is 0 Å². The van der Waals surface area contributed by atoms with E-state index in [-0.39, 0.29) is 10.0 Å². The van der Waals surface area contributed by atoms with Gasteiger partial charge < -0.3 is 5.32 Å². The summed E-state index contributed by atoms with van der Waals surface area (Å²) in [7, 11) is 0. The molecule has 0 spiro atoms. The van der Waals surface area contributed by atoms with Gasteiger partial charge >= 0.3 is 0 Å². The van der Waals surface area contributed by atoms with Crippen molar-refractivity contribution < 1.29 is 4.39 Å². The summed E-state index contributed by atoms with van der Waals surface area (Å²) >= 11 is 13.2. The predicted octanol–water partition coefficient (Wildman–Crippen LogP) is 5.08. The van der Waals surface area contributed by atoms with Crippen LogP contribution in [0.5, 0.6) is 0 Å². The Bertz CT molecular complexity index is 587. The van der Waals surface area contributed by atoms with Gasteiger partial charge in [0.2, 0.25) is 0 Å². The molecule has 2 aromatic rings. The lowest BCUT2D eigenvalue weighted by Gasteiger charge is -2.06. The van der Waals surface area contributed by atoms with Gasteiger partial charge in [-0.15, -0.1) is 11.3 Å². The molecule has 1 aliphatic carbocycles. The number of thiazole rings is 1. The quantitative estimate of drug-likeness (QED) is 0.796. The van der Waals surface area contributed by atoms with Crippen molar-refractivity contribution in [1.29, 1.82) is 0 Å². The van der Waals surface area contributed by atoms with E-state index in [4.69, 9.17) is 23.2 Å². The highest BCUT2D eigenvalue weighted by Gasteiger charge is 2.26. The molecule has 1 heterocycles. The standard InChI is InChI=1S/C13H11Cl2FN2S/c14-10-3-8(4-11(15)12(10)16)17-5-9-6-19-13(18-9)7-1-2-7/h3-4,6-7,17H,1-2,5H2. The molecule has 2 nitrogen and oxygen atoms in total. The molecule has 0 unspecified atom stereocenters. The van der Waals surface area contributed by atoms with Gasteiger partial charge in [-0.05, 0) is 25.0 Å². The fourth-order valence-electron chi connectivity index (χ4n) is 1.77. The number of hydrogen-bond acceptors (Lipinski definition) is 3. The first-order chi connectivity index (χ1) is 9.13. The third-order valence-corrected chi connectivity index (χ3v) is 4.56. The van der Waals surface area contributed by atoms with Gasteiger partial charge in [-0.25, -0.2) is 9.37 Å². The smallest absolute Gasteiger partial charge is 0.160 e. The Balaban J connectivity index is 1.67. The Morgan fingerprint density at radius 1 is 1.32 bits per heavy atom. The van der Waals surface area contributed by atoms with Crippen LogP contribution < -0.4 is 5.32 Å². The van der Waals surface area contributed by atoms with Crippen molar-refractivity contribution in [1.82, 2.24) is 4.98 Å². The van der Waals surface area contributed by atoms with E-state index < -0.39 is 5.82 Å². The number of halogens is 3. The first kappa shape index (κ1) is 13.2. The first-order valence-corrected chi connectivity index (χ1v) is 7.60. The highest BCUT2D eigenvalue weighted by molar-refractivity contribution is 7.09. The SMILES string of the molecule is Fc1c(Cl)cc(NCc2csc(C3CC3)n2)cc1Cl. The Labute approximate surface area is 124 Å². The van der Waals surface area contributed by atoms with Gasteiger partial charge in [0.15, 0.2) is 5.82 Å². The Hall–Kier alpha value is -0.840. The summed E-state index contributed by atoms with van der Waals surface area (Å²) in [5.41, 5.74) is 1.68. The molecule has 1 fully saturated rings. The van der Waals surface area contributed by atoms with Crippen molar-refractivity contribution in [3.63, 3.8) is 0 Å². The zero-order valence-electron chi connectivity index (χ0n) is 9.92. The normalized spacial score (nSPS) is 14.7. The Morgan fingerprint density at radius 3 is 2.63 bits per heavy atom. The Kier molecular flexibility index (Phi) is 3.65. The summed E-state index contributed by atoms with van der Waals surface area (Å²) in [6.45, 7) is 0.585. The molecule has 1 saturated carbocycles. The average Bonchev–Trinajstić information content (AvgIpc) is 3.13. The van der Waals surface area contributed by atoms with Crippen LogP contribution in [0.3, 0.4) is 0 Å². The van der Waals surface area contributed by atoms with Crippen LogP contribution in [0.4, 0.5) is 10.1 Å². The van der Waals surface area contributed by atoms with Gasteiger partial charge in [-0.1, -0.05) is 23.2 Å². The highest BCUT2D eigenvalue weighted by atomic mass is 35.5. The first-order valence-electron chi connectivity index (χ1n) is 5.96. The maximum Gasteiger partial charge on any atom is 0.160 e. The summed E-state index contributed by atoms with van der Waals surface area (Å²) in [4.78, 5) is 4.57. The fraction of sp³-hybridized carbons (Fsp3) is 0.308. The third kappa shape index (κ3) is 3.02. The number of nitrogens with zero attached hydrogens (tertiary/aromatic N) is 1. The maximum atomic E-state index is 13.3. The van der Waals surface area contributed by atoms with Crippen molar-refractivity contribution in [2.45, 2.75) is 25.3 Å². The molecule has 3 rings (SSSR count). The molecule has 1 aromatic carbocycles. The molecule has 1 aliphatic rings. The molecule has 0 radical (unpaired) electrons. The van der Waals surface area contributed by atoms with Crippen LogP contribution in [-0.2, 0) is 6.54 Å². The lowest BCUT2D eigenvalue weighted by molar-refractivity contribution is 0.629. The van der Waals surface area contributed by atoms with E-state index in [2.05, 4.69) is 10.3 Å². The minimum atomic E-state index is -0.585. The molecule has 100 valence electrons. The minimum Gasteiger partial charge on any atom is -0.379 e. The van der Waals surface area contributed by atoms with E-state index in [0.717, 1.165) is 5.69 Å². The lowest BCUT2D eigenvalue weighted by atomic mass is 10.3.